The molecule has 8 bridgehead atoms. The van der Waals surface area contributed by atoms with Crippen LogP contribution in [-0.2, 0) is 67.0 Å². The molecule has 1 aliphatic heterocycles. The van der Waals surface area contributed by atoms with E-state index < -0.39 is 21.7 Å². The van der Waals surface area contributed by atoms with Crippen LogP contribution in [0, 0.1) is 0 Å². The van der Waals surface area contributed by atoms with Gasteiger partial charge in [0.25, 0.3) is 23.6 Å². The molecular weight excluding hydrogens is 1230 g/mol. The summed E-state index contributed by atoms with van der Waals surface area (Å²) in [5.74, 6) is 0.512. The second kappa shape index (κ2) is 30.3. The van der Waals surface area contributed by atoms with Gasteiger partial charge in [0.05, 0.1) is 39.2 Å². The van der Waals surface area contributed by atoms with Gasteiger partial charge in [-0.25, -0.2) is 0 Å². The van der Waals surface area contributed by atoms with Crippen molar-refractivity contribution in [3.8, 4) is 23.0 Å². The van der Waals surface area contributed by atoms with Gasteiger partial charge >= 0.3 is 0 Å². The summed E-state index contributed by atoms with van der Waals surface area (Å²) in [6, 6.07) is 56.0. The summed E-state index contributed by atoms with van der Waals surface area (Å²) in [6.07, 6.45) is 0. The third-order valence-electron chi connectivity index (χ3n) is 15.1. The van der Waals surface area contributed by atoms with Crippen LogP contribution in [-0.4, -0.2) is 50.1 Å². The topological polar surface area (TPSA) is 153 Å². The van der Waals surface area contributed by atoms with E-state index in [0.29, 0.717) is 88.3 Å². The van der Waals surface area contributed by atoms with Gasteiger partial charge in [-0.05, 0) is 115 Å². The average Bonchev–Trinajstić information content (AvgIpc) is 0.780. The van der Waals surface area contributed by atoms with Gasteiger partial charge in [-0.15, -0.1) is 0 Å². The van der Waals surface area contributed by atoms with Gasteiger partial charge in [-0.3, -0.25) is 19.2 Å². The van der Waals surface area contributed by atoms with Crippen LogP contribution in [0.15, 0.2) is 209 Å². The molecule has 480 valence electrons. The first-order valence-corrected chi connectivity index (χ1v) is 34.2. The molecule has 0 unspecified atom stereocenters. The maximum atomic E-state index is 14.1. The normalized spacial score (nSPS) is 12.5. The summed E-state index contributed by atoms with van der Waals surface area (Å²) < 4.78 is 27.8. The first-order valence-electron chi connectivity index (χ1n) is 30.9. The van der Waals surface area contributed by atoms with Crippen molar-refractivity contribution in [3.05, 3.63) is 214 Å². The lowest BCUT2D eigenvalue weighted by atomic mass is 9.87. The minimum atomic E-state index is -0.408. The van der Waals surface area contributed by atoms with Crippen molar-refractivity contribution in [2.24, 2.45) is 0 Å². The molecule has 0 aromatic heterocycles. The van der Waals surface area contributed by atoms with Crippen molar-refractivity contribution < 1.29 is 38.1 Å². The molecule has 8 aromatic rings. The molecule has 1 heterocycles. The van der Waals surface area contributed by atoms with Gasteiger partial charge in [-0.2, -0.15) is 0 Å². The van der Waals surface area contributed by atoms with Gasteiger partial charge in [0.15, 0.2) is 26.4 Å². The number of rotatable bonds is 20. The predicted octanol–water partition coefficient (Wildman–Crippen LogP) is 16.6. The lowest BCUT2D eigenvalue weighted by molar-refractivity contribution is -0.124. The Morgan fingerprint density at radius 1 is 0.283 bits per heavy atom. The Balaban J connectivity index is 1.29. The number of fused-ring (bicyclic) bond motifs is 8. The van der Waals surface area contributed by atoms with Crippen LogP contribution in [0.4, 0.5) is 0 Å². The molecule has 12 nitrogen and oxygen atoms in total. The highest BCUT2D eigenvalue weighted by Gasteiger charge is 2.32. The zero-order valence-electron chi connectivity index (χ0n) is 54.7. The number of carbonyl (C=O) groups excluding carboxylic acids is 4. The highest BCUT2D eigenvalue weighted by atomic mass is 32.2. The Morgan fingerprint density at radius 2 is 0.446 bits per heavy atom. The minimum absolute atomic E-state index is 0.308. The summed E-state index contributed by atoms with van der Waals surface area (Å²) in [5.41, 5.74) is 6.09. The fourth-order valence-corrected chi connectivity index (χ4v) is 14.4. The van der Waals surface area contributed by atoms with E-state index in [9.17, 15) is 19.2 Å². The first kappa shape index (κ1) is 68.6. The van der Waals surface area contributed by atoms with Crippen molar-refractivity contribution >= 4 is 70.7 Å². The van der Waals surface area contributed by atoms with Crippen molar-refractivity contribution in [1.82, 2.24) is 21.3 Å². The summed E-state index contributed by atoms with van der Waals surface area (Å²) in [6.45, 7) is 25.9. The van der Waals surface area contributed by atoms with Crippen molar-refractivity contribution in [2.45, 2.75) is 170 Å². The van der Waals surface area contributed by atoms with E-state index in [4.69, 9.17) is 18.9 Å². The molecule has 4 N–H and O–H groups in total. The number of amides is 4. The molecule has 92 heavy (non-hydrogen) atoms. The van der Waals surface area contributed by atoms with E-state index in [-0.39, 0.29) is 50.1 Å². The molecule has 0 fully saturated rings. The monoisotopic (exact) mass is 1310 g/mol. The second-order valence-electron chi connectivity index (χ2n) is 26.8. The van der Waals surface area contributed by atoms with Crippen LogP contribution >= 0.6 is 47.0 Å². The van der Waals surface area contributed by atoms with Gasteiger partial charge in [-0.1, -0.05) is 251 Å². The molecule has 0 spiro atoms. The molecule has 0 aliphatic carbocycles. The molecule has 9 rings (SSSR count). The third-order valence-corrected chi connectivity index (χ3v) is 19.3. The summed E-state index contributed by atoms with van der Waals surface area (Å²) >= 11 is 5.74. The van der Waals surface area contributed by atoms with Crippen LogP contribution in [0.25, 0.3) is 0 Å². The predicted molar refractivity (Wildman–Crippen MR) is 372 cm³/mol. The average molecular weight is 1310 g/mol. The Labute approximate surface area is 560 Å². The second-order valence-corrected chi connectivity index (χ2v) is 31.2. The lowest BCUT2D eigenvalue weighted by Gasteiger charge is -2.28. The van der Waals surface area contributed by atoms with Crippen LogP contribution in [0.3, 0.4) is 0 Å². The van der Waals surface area contributed by atoms with E-state index in [1.54, 1.807) is 0 Å². The third kappa shape index (κ3) is 19.2. The van der Waals surface area contributed by atoms with E-state index in [1.807, 2.05) is 121 Å². The zero-order valence-corrected chi connectivity index (χ0v) is 58.0. The maximum Gasteiger partial charge on any atom is 0.258 e. The summed E-state index contributed by atoms with van der Waals surface area (Å²) in [4.78, 5) is 62.0. The van der Waals surface area contributed by atoms with Gasteiger partial charge in [0.2, 0.25) is 0 Å². The van der Waals surface area contributed by atoms with Crippen molar-refractivity contribution in [2.75, 3.05) is 26.4 Å². The number of hydrogen-bond donors (Lipinski definition) is 4. The molecular formula is C76H84N4O8S4. The number of nitrogens with one attached hydrogen (secondary N) is 4. The molecule has 16 heteroatoms. The van der Waals surface area contributed by atoms with Crippen LogP contribution < -0.4 is 40.2 Å². The van der Waals surface area contributed by atoms with Gasteiger partial charge < -0.3 is 40.2 Å². The van der Waals surface area contributed by atoms with E-state index in [1.165, 1.54) is 47.0 Å². The number of benzene rings is 8. The van der Waals surface area contributed by atoms with Crippen LogP contribution in [0.1, 0.15) is 128 Å². The lowest BCUT2D eigenvalue weighted by Crippen LogP contribution is -2.29. The van der Waals surface area contributed by atoms with Crippen molar-refractivity contribution in [1.29, 1.82) is 0 Å². The van der Waals surface area contributed by atoms with Crippen LogP contribution in [0.2, 0.25) is 0 Å². The summed E-state index contributed by atoms with van der Waals surface area (Å²) in [5, 5.41) is 12.3. The minimum Gasteiger partial charge on any atom is -0.481 e. The molecule has 0 radical (unpaired) electrons. The fourth-order valence-electron chi connectivity index (χ4n) is 9.63. The Kier molecular flexibility index (Phi) is 22.6. The standard InChI is InChI=1S/C76H84N4O8S4/c1-73(2,3)53-33-57-69(85-45-65(81)77-41-49-25-17-13-18-26-49)58(34-53)90-60-36-55(75(7,8)9)38-62(71(60)87-47-67(83)79-43-51-29-21-15-22-30-51)92-64-40-56(76(10,11)12)39-63(72(64)88-48-68(84)80-44-52-31-23-16-24-32-52)91-61-37-54(74(4,5)6)35-59(89-57)70(61)86-46-66(82)78-42-50-27-19-14-20-28-50/h13-40H,41-48H2,1-12H3,(H,77,81)(H,78,82)(H,79,83)(H,80,84). The van der Waals surface area contributed by atoms with Crippen molar-refractivity contribution in [3.63, 3.8) is 0 Å². The summed E-state index contributed by atoms with van der Waals surface area (Å²) in [7, 11) is 0. The van der Waals surface area contributed by atoms with E-state index in [2.05, 4.69) is 153 Å². The van der Waals surface area contributed by atoms with E-state index >= 15 is 0 Å². The molecule has 0 saturated heterocycles. The maximum absolute atomic E-state index is 14.1. The quantitative estimate of drug-likeness (QED) is 0.0574. The van der Waals surface area contributed by atoms with Gasteiger partial charge in [0, 0.05) is 26.2 Å². The largest absolute Gasteiger partial charge is 0.481 e. The number of ether oxygens (including phenoxy) is 4. The smallest absolute Gasteiger partial charge is 0.258 e. The highest BCUT2D eigenvalue weighted by Crippen LogP contribution is 2.56. The Hall–Kier alpha value is -7.76. The first-order chi connectivity index (χ1) is 43.7. The molecule has 8 aromatic carbocycles. The molecule has 1 aliphatic rings. The molecule has 0 atom stereocenters. The van der Waals surface area contributed by atoms with Gasteiger partial charge in [0.1, 0.15) is 23.0 Å². The Bertz CT molecular complexity index is 3300. The highest BCUT2D eigenvalue weighted by molar-refractivity contribution is 8.01. The zero-order chi connectivity index (χ0) is 65.8. The fraction of sp³-hybridized carbons (Fsp3) is 0.316. The number of hydrogen-bond acceptors (Lipinski definition) is 12. The number of carbonyl (C=O) groups is 4. The van der Waals surface area contributed by atoms with Crippen LogP contribution in [0.5, 0.6) is 23.0 Å². The molecule has 0 saturated carbocycles. The molecule has 4 amide bonds. The SMILES string of the molecule is CC(C)(C)c1cc2c(OCC(=O)NCc3ccccc3)c(c1)Sc1cc(C(C)(C)C)cc(c1OCC(=O)NCc1ccccc1)Sc1cc(C(C)(C)C)cc(c1OCC(=O)NCc1ccccc1)Sc1cc(C(C)(C)C)cc(c1OCC(=O)NCc1ccccc1)S2. The Morgan fingerprint density at radius 3 is 0.598 bits per heavy atom. The van der Waals surface area contributed by atoms with E-state index in [0.717, 1.165) is 44.5 Å².